The third-order valence-electron chi connectivity index (χ3n) is 3.08. The molecule has 20 heavy (non-hydrogen) atoms. The van der Waals surface area contributed by atoms with Crippen LogP contribution in [0.5, 0.6) is 11.5 Å². The van der Waals surface area contributed by atoms with Crippen LogP contribution in [0.2, 0.25) is 0 Å². The van der Waals surface area contributed by atoms with Gasteiger partial charge in [-0.25, -0.2) is 0 Å². The van der Waals surface area contributed by atoms with Crippen LogP contribution in [0.3, 0.4) is 0 Å². The number of aliphatic carboxylic acids is 1. The molecule has 0 aliphatic heterocycles. The zero-order valence-electron chi connectivity index (χ0n) is 11.8. The largest absolute Gasteiger partial charge is 0.508 e. The summed E-state index contributed by atoms with van der Waals surface area (Å²) in [7, 11) is 0. The van der Waals surface area contributed by atoms with E-state index >= 15 is 0 Å². The molecule has 4 N–H and O–H groups in total. The molecule has 0 aromatic heterocycles. The number of carboxylic acid groups (broad SMARTS) is 1. The van der Waals surface area contributed by atoms with Crippen LogP contribution in [-0.2, 0) is 11.2 Å². The molecule has 1 unspecified atom stereocenters. The minimum atomic E-state index is -1.08. The van der Waals surface area contributed by atoms with Gasteiger partial charge in [0.25, 0.3) is 0 Å². The lowest BCUT2D eigenvalue weighted by atomic mass is 10.1. The van der Waals surface area contributed by atoms with E-state index in [1.807, 2.05) is 0 Å². The molecule has 0 bridgehead atoms. The fourth-order valence-corrected chi connectivity index (χ4v) is 1.85. The van der Waals surface area contributed by atoms with Crippen molar-refractivity contribution >= 4 is 5.97 Å². The second-order valence-corrected chi connectivity index (χ2v) is 4.85. The van der Waals surface area contributed by atoms with E-state index in [0.717, 1.165) is 12.8 Å². The zero-order chi connectivity index (χ0) is 15.0. The fourth-order valence-electron chi connectivity index (χ4n) is 1.85. The Labute approximate surface area is 119 Å². The molecule has 1 aromatic rings. The lowest BCUT2D eigenvalue weighted by molar-refractivity contribution is -0.138. The number of phenolic OH excluding ortho intramolecular Hbond substituents is 1. The van der Waals surface area contributed by atoms with Gasteiger partial charge in [0.1, 0.15) is 17.5 Å². The normalized spacial score (nSPS) is 12.1. The van der Waals surface area contributed by atoms with Gasteiger partial charge in [-0.3, -0.25) is 4.79 Å². The van der Waals surface area contributed by atoms with Gasteiger partial charge in [-0.1, -0.05) is 32.3 Å². The molecule has 112 valence electrons. The highest BCUT2D eigenvalue weighted by Crippen LogP contribution is 2.24. The van der Waals surface area contributed by atoms with Gasteiger partial charge in [0, 0.05) is 12.5 Å². The van der Waals surface area contributed by atoms with E-state index in [1.165, 1.54) is 18.9 Å². The summed E-state index contributed by atoms with van der Waals surface area (Å²) >= 11 is 0. The first kappa shape index (κ1) is 16.3. The number of aromatic hydroxyl groups is 1. The van der Waals surface area contributed by atoms with Gasteiger partial charge < -0.3 is 20.7 Å². The molecule has 0 fully saturated rings. The van der Waals surface area contributed by atoms with Crippen LogP contribution in [0.1, 0.15) is 38.2 Å². The van der Waals surface area contributed by atoms with Crippen molar-refractivity contribution < 1.29 is 19.7 Å². The van der Waals surface area contributed by atoms with Crippen molar-refractivity contribution in [3.8, 4) is 11.5 Å². The third-order valence-corrected chi connectivity index (χ3v) is 3.08. The molecule has 5 heteroatoms. The van der Waals surface area contributed by atoms with E-state index in [0.29, 0.717) is 17.9 Å². The van der Waals surface area contributed by atoms with E-state index in [4.69, 9.17) is 15.6 Å². The second-order valence-electron chi connectivity index (χ2n) is 4.85. The van der Waals surface area contributed by atoms with E-state index in [-0.39, 0.29) is 12.2 Å². The monoisotopic (exact) mass is 281 g/mol. The number of unbranched alkanes of at least 4 members (excludes halogenated alkanes) is 3. The minimum Gasteiger partial charge on any atom is -0.508 e. The number of rotatable bonds is 9. The summed E-state index contributed by atoms with van der Waals surface area (Å²) in [6.45, 7) is 2.77. The maximum absolute atomic E-state index is 10.7. The number of hydrogen-bond donors (Lipinski definition) is 3. The fraction of sp³-hybridized carbons (Fsp3) is 0.533. The standard InChI is InChI=1S/C15H23NO4/c1-2-3-4-5-8-20-12-7-6-11(14(17)10-12)9-13(16)15(18)19/h6-7,10,13,17H,2-5,8-9,16H2,1H3,(H,18,19). The SMILES string of the molecule is CCCCCCOc1ccc(CC(N)C(=O)O)c(O)c1. The molecule has 0 spiro atoms. The Balaban J connectivity index is 2.48. The van der Waals surface area contributed by atoms with Gasteiger partial charge in [-0.15, -0.1) is 0 Å². The molecule has 1 rings (SSSR count). The lowest BCUT2D eigenvalue weighted by Gasteiger charge is -2.11. The Kier molecular flexibility index (Phi) is 6.87. The van der Waals surface area contributed by atoms with Crippen molar-refractivity contribution in [2.45, 2.75) is 45.1 Å². The summed E-state index contributed by atoms with van der Waals surface area (Å²) in [5, 5.41) is 18.6. The average molecular weight is 281 g/mol. The molecular formula is C15H23NO4. The van der Waals surface area contributed by atoms with Crippen LogP contribution in [0.4, 0.5) is 0 Å². The highest BCUT2D eigenvalue weighted by atomic mass is 16.5. The number of hydrogen-bond acceptors (Lipinski definition) is 4. The Morgan fingerprint density at radius 2 is 2.10 bits per heavy atom. The molecule has 0 saturated heterocycles. The Hall–Kier alpha value is -1.75. The first-order valence-electron chi connectivity index (χ1n) is 6.97. The third kappa shape index (κ3) is 5.48. The van der Waals surface area contributed by atoms with Crippen molar-refractivity contribution in [2.24, 2.45) is 5.73 Å². The summed E-state index contributed by atoms with van der Waals surface area (Å²) in [4.78, 5) is 10.7. The average Bonchev–Trinajstić information content (AvgIpc) is 2.41. The summed E-state index contributed by atoms with van der Waals surface area (Å²) in [6, 6.07) is 3.87. The van der Waals surface area contributed by atoms with Gasteiger partial charge in [0.15, 0.2) is 0 Å². The molecule has 5 nitrogen and oxygen atoms in total. The first-order valence-corrected chi connectivity index (χ1v) is 6.97. The van der Waals surface area contributed by atoms with E-state index in [9.17, 15) is 9.90 Å². The maximum atomic E-state index is 10.7. The smallest absolute Gasteiger partial charge is 0.320 e. The first-order chi connectivity index (χ1) is 9.54. The topological polar surface area (TPSA) is 92.8 Å². The molecule has 0 amide bonds. The minimum absolute atomic E-state index is 0.0211. The highest BCUT2D eigenvalue weighted by molar-refractivity contribution is 5.73. The van der Waals surface area contributed by atoms with Crippen LogP contribution >= 0.6 is 0 Å². The summed E-state index contributed by atoms with van der Waals surface area (Å²) < 4.78 is 5.53. The van der Waals surface area contributed by atoms with Crippen LogP contribution in [0, 0.1) is 0 Å². The lowest BCUT2D eigenvalue weighted by Crippen LogP contribution is -2.32. The molecule has 0 aliphatic carbocycles. The van der Waals surface area contributed by atoms with Gasteiger partial charge in [-0.05, 0) is 18.1 Å². The Bertz CT molecular complexity index is 434. The second kappa shape index (κ2) is 8.43. The summed E-state index contributed by atoms with van der Waals surface area (Å²) in [5.74, 6) is -0.472. The van der Waals surface area contributed by atoms with Crippen molar-refractivity contribution in [1.82, 2.24) is 0 Å². The van der Waals surface area contributed by atoms with Crippen LogP contribution in [0.15, 0.2) is 18.2 Å². The van der Waals surface area contributed by atoms with Crippen molar-refractivity contribution in [1.29, 1.82) is 0 Å². The molecular weight excluding hydrogens is 258 g/mol. The molecule has 0 radical (unpaired) electrons. The van der Waals surface area contributed by atoms with Gasteiger partial charge in [0.2, 0.25) is 0 Å². The van der Waals surface area contributed by atoms with Crippen LogP contribution in [0.25, 0.3) is 0 Å². The van der Waals surface area contributed by atoms with Gasteiger partial charge in [-0.2, -0.15) is 0 Å². The predicted octanol–water partition coefficient (Wildman–Crippen LogP) is 2.31. The van der Waals surface area contributed by atoms with Crippen molar-refractivity contribution in [3.63, 3.8) is 0 Å². The number of ether oxygens (including phenoxy) is 1. The predicted molar refractivity (Wildman–Crippen MR) is 77.1 cm³/mol. The molecule has 0 saturated carbocycles. The molecule has 1 atom stereocenters. The quantitative estimate of drug-likeness (QED) is 0.604. The van der Waals surface area contributed by atoms with Crippen molar-refractivity contribution in [2.75, 3.05) is 6.61 Å². The van der Waals surface area contributed by atoms with Crippen LogP contribution in [-0.4, -0.2) is 28.8 Å². The molecule has 1 aromatic carbocycles. The van der Waals surface area contributed by atoms with E-state index < -0.39 is 12.0 Å². The summed E-state index contributed by atoms with van der Waals surface area (Å²) in [5.41, 5.74) is 5.95. The molecule has 0 heterocycles. The summed E-state index contributed by atoms with van der Waals surface area (Å²) in [6.07, 6.45) is 4.59. The van der Waals surface area contributed by atoms with Gasteiger partial charge >= 0.3 is 5.97 Å². The molecule has 0 aliphatic rings. The van der Waals surface area contributed by atoms with E-state index in [1.54, 1.807) is 12.1 Å². The maximum Gasteiger partial charge on any atom is 0.320 e. The Morgan fingerprint density at radius 1 is 1.35 bits per heavy atom. The number of phenols is 1. The highest BCUT2D eigenvalue weighted by Gasteiger charge is 2.14. The van der Waals surface area contributed by atoms with Crippen LogP contribution < -0.4 is 10.5 Å². The van der Waals surface area contributed by atoms with Crippen molar-refractivity contribution in [3.05, 3.63) is 23.8 Å². The van der Waals surface area contributed by atoms with Gasteiger partial charge in [0.05, 0.1) is 6.61 Å². The van der Waals surface area contributed by atoms with E-state index in [2.05, 4.69) is 6.92 Å². The zero-order valence-corrected chi connectivity index (χ0v) is 11.8. The number of nitrogens with two attached hydrogens (primary N) is 1. The number of carbonyl (C=O) groups is 1. The Morgan fingerprint density at radius 3 is 2.70 bits per heavy atom. The number of benzene rings is 1. The number of carboxylic acids is 1.